The molecular weight excluding hydrogens is 283 g/mol. The first kappa shape index (κ1) is 15.4. The van der Waals surface area contributed by atoms with Crippen LogP contribution in [0.1, 0.15) is 12.0 Å². The molecule has 0 unspecified atom stereocenters. The normalized spacial score (nSPS) is 26.4. The van der Waals surface area contributed by atoms with E-state index in [4.69, 9.17) is 4.74 Å². The van der Waals surface area contributed by atoms with Crippen LogP contribution >= 0.6 is 0 Å². The predicted octanol–water partition coefficient (Wildman–Crippen LogP) is 1.55. The summed E-state index contributed by atoms with van der Waals surface area (Å²) in [6, 6.07) is 6.17. The molecule has 22 heavy (non-hydrogen) atoms. The molecule has 2 aliphatic heterocycles. The lowest BCUT2D eigenvalue weighted by Gasteiger charge is -2.31. The van der Waals surface area contributed by atoms with Crippen molar-refractivity contribution in [1.82, 2.24) is 9.80 Å². The van der Waals surface area contributed by atoms with Gasteiger partial charge >= 0.3 is 0 Å². The van der Waals surface area contributed by atoms with Crippen LogP contribution in [-0.4, -0.2) is 62.1 Å². The molecule has 4 nitrogen and oxygen atoms in total. The Hall–Kier alpha value is -1.46. The molecule has 1 amide bonds. The zero-order chi connectivity index (χ0) is 15.6. The van der Waals surface area contributed by atoms with Gasteiger partial charge in [0.05, 0.1) is 19.6 Å². The molecule has 2 aliphatic rings. The van der Waals surface area contributed by atoms with Crippen molar-refractivity contribution in [2.45, 2.75) is 12.8 Å². The van der Waals surface area contributed by atoms with Gasteiger partial charge in [-0.3, -0.25) is 4.79 Å². The van der Waals surface area contributed by atoms with Crippen molar-refractivity contribution in [3.8, 4) is 0 Å². The van der Waals surface area contributed by atoms with Gasteiger partial charge < -0.3 is 14.5 Å². The van der Waals surface area contributed by atoms with E-state index in [2.05, 4.69) is 11.9 Å². The molecule has 0 bridgehead atoms. The fourth-order valence-corrected chi connectivity index (χ4v) is 3.50. The van der Waals surface area contributed by atoms with Gasteiger partial charge in [-0.1, -0.05) is 12.1 Å². The Morgan fingerprint density at radius 1 is 1.27 bits per heavy atom. The Kier molecular flexibility index (Phi) is 4.45. The average molecular weight is 306 g/mol. The highest BCUT2D eigenvalue weighted by atomic mass is 19.1. The summed E-state index contributed by atoms with van der Waals surface area (Å²) < 4.78 is 18.7. The Morgan fingerprint density at radius 3 is 2.73 bits per heavy atom. The van der Waals surface area contributed by atoms with E-state index in [1.54, 1.807) is 12.1 Å². The number of nitrogens with zero attached hydrogens (tertiary/aromatic N) is 2. The lowest BCUT2D eigenvalue weighted by atomic mass is 9.87. The molecule has 1 spiro atoms. The second-order valence-corrected chi connectivity index (χ2v) is 6.66. The number of hydrogen-bond donors (Lipinski definition) is 0. The van der Waals surface area contributed by atoms with Crippen molar-refractivity contribution in [1.29, 1.82) is 0 Å². The molecule has 1 aromatic carbocycles. The van der Waals surface area contributed by atoms with Crippen molar-refractivity contribution in [2.75, 3.05) is 46.4 Å². The van der Waals surface area contributed by atoms with Gasteiger partial charge in [0.1, 0.15) is 5.82 Å². The number of halogens is 1. The largest absolute Gasteiger partial charge is 0.379 e. The van der Waals surface area contributed by atoms with Crippen molar-refractivity contribution in [3.05, 3.63) is 35.6 Å². The first-order valence-corrected chi connectivity index (χ1v) is 7.85. The third-order valence-electron chi connectivity index (χ3n) is 4.69. The molecule has 1 aromatic rings. The zero-order valence-corrected chi connectivity index (χ0v) is 13.1. The Morgan fingerprint density at radius 2 is 2.05 bits per heavy atom. The third kappa shape index (κ3) is 3.47. The smallest absolute Gasteiger partial charge is 0.227 e. The number of rotatable bonds is 2. The van der Waals surface area contributed by atoms with Gasteiger partial charge in [0.2, 0.25) is 5.91 Å². The maximum absolute atomic E-state index is 13.0. The maximum atomic E-state index is 13.0. The summed E-state index contributed by atoms with van der Waals surface area (Å²) in [5, 5.41) is 0. The third-order valence-corrected chi connectivity index (χ3v) is 4.69. The van der Waals surface area contributed by atoms with E-state index >= 15 is 0 Å². The molecule has 0 N–H and O–H groups in total. The van der Waals surface area contributed by atoms with E-state index in [1.165, 1.54) is 12.1 Å². The molecular formula is C17H23FN2O2. The molecule has 0 aliphatic carbocycles. The zero-order valence-electron chi connectivity index (χ0n) is 13.1. The van der Waals surface area contributed by atoms with Crippen LogP contribution in [0.25, 0.3) is 0 Å². The number of carbonyl (C=O) groups is 1. The van der Waals surface area contributed by atoms with Gasteiger partial charge in [0, 0.05) is 25.0 Å². The number of ether oxygens (including phenoxy) is 1. The minimum absolute atomic E-state index is 0.0731. The predicted molar refractivity (Wildman–Crippen MR) is 82.1 cm³/mol. The van der Waals surface area contributed by atoms with Gasteiger partial charge in [0.15, 0.2) is 0 Å². The molecule has 120 valence electrons. The Balaban J connectivity index is 1.67. The highest BCUT2D eigenvalue weighted by Crippen LogP contribution is 2.32. The first-order chi connectivity index (χ1) is 10.6. The van der Waals surface area contributed by atoms with Gasteiger partial charge in [-0.15, -0.1) is 0 Å². The molecule has 5 heteroatoms. The Labute approximate surface area is 130 Å². The lowest BCUT2D eigenvalue weighted by molar-refractivity contribution is -0.131. The molecule has 3 rings (SSSR count). The maximum Gasteiger partial charge on any atom is 0.227 e. The quantitative estimate of drug-likeness (QED) is 0.831. The standard InChI is InChI=1S/C17H23FN2O2/c1-19-7-6-17(11-19)12-20(8-9-22-13-17)16(21)10-14-2-4-15(18)5-3-14/h2-5H,6-13H2,1H3/t17-/m1/s1. The van der Waals surface area contributed by atoms with Crippen LogP contribution in [0.15, 0.2) is 24.3 Å². The molecule has 2 heterocycles. The van der Waals surface area contributed by atoms with Crippen molar-refractivity contribution in [2.24, 2.45) is 5.41 Å². The van der Waals surface area contributed by atoms with Gasteiger partial charge in [-0.25, -0.2) is 4.39 Å². The minimum atomic E-state index is -0.271. The van der Waals surface area contributed by atoms with Crippen LogP contribution < -0.4 is 0 Å². The van der Waals surface area contributed by atoms with Crippen LogP contribution in [0.3, 0.4) is 0 Å². The SMILES string of the molecule is CN1CC[C@@]2(COCCN(C(=O)Cc3ccc(F)cc3)C2)C1. The van der Waals surface area contributed by atoms with Crippen LogP contribution in [0.2, 0.25) is 0 Å². The highest BCUT2D eigenvalue weighted by molar-refractivity contribution is 5.78. The second-order valence-electron chi connectivity index (χ2n) is 6.66. The number of amides is 1. The van der Waals surface area contributed by atoms with Gasteiger partial charge in [-0.05, 0) is 37.7 Å². The summed E-state index contributed by atoms with van der Waals surface area (Å²) in [5.41, 5.74) is 0.929. The lowest BCUT2D eigenvalue weighted by Crippen LogP contribution is -2.43. The molecule has 0 radical (unpaired) electrons. The van der Waals surface area contributed by atoms with E-state index in [-0.39, 0.29) is 17.1 Å². The molecule has 1 atom stereocenters. The molecule has 0 saturated carbocycles. The van der Waals surface area contributed by atoms with Crippen molar-refractivity contribution >= 4 is 5.91 Å². The number of carbonyl (C=O) groups excluding carboxylic acids is 1. The highest BCUT2D eigenvalue weighted by Gasteiger charge is 2.40. The monoisotopic (exact) mass is 306 g/mol. The summed E-state index contributed by atoms with van der Waals surface area (Å²) in [5.74, 6) is -0.168. The van der Waals surface area contributed by atoms with Crippen LogP contribution in [0.4, 0.5) is 4.39 Å². The van der Waals surface area contributed by atoms with Gasteiger partial charge in [-0.2, -0.15) is 0 Å². The van der Waals surface area contributed by atoms with E-state index in [1.807, 2.05) is 4.90 Å². The summed E-state index contributed by atoms with van der Waals surface area (Å²) >= 11 is 0. The van der Waals surface area contributed by atoms with Crippen molar-refractivity contribution in [3.63, 3.8) is 0 Å². The molecule has 2 fully saturated rings. The van der Waals surface area contributed by atoms with E-state index in [0.717, 1.165) is 38.2 Å². The van der Waals surface area contributed by atoms with Crippen LogP contribution in [0.5, 0.6) is 0 Å². The summed E-state index contributed by atoms with van der Waals surface area (Å²) in [4.78, 5) is 16.8. The number of hydrogen-bond acceptors (Lipinski definition) is 3. The van der Waals surface area contributed by atoms with Crippen LogP contribution in [-0.2, 0) is 16.0 Å². The topological polar surface area (TPSA) is 32.8 Å². The van der Waals surface area contributed by atoms with Crippen LogP contribution in [0, 0.1) is 11.2 Å². The molecule has 0 aromatic heterocycles. The number of benzene rings is 1. The van der Waals surface area contributed by atoms with Crippen molar-refractivity contribution < 1.29 is 13.9 Å². The molecule has 2 saturated heterocycles. The summed E-state index contributed by atoms with van der Waals surface area (Å²) in [7, 11) is 2.12. The number of likely N-dealkylation sites (tertiary alicyclic amines) is 1. The van der Waals surface area contributed by atoms with E-state index < -0.39 is 0 Å². The van der Waals surface area contributed by atoms with E-state index in [9.17, 15) is 9.18 Å². The fraction of sp³-hybridized carbons (Fsp3) is 0.588. The summed E-state index contributed by atoms with van der Waals surface area (Å²) in [6.45, 7) is 4.78. The van der Waals surface area contributed by atoms with E-state index in [0.29, 0.717) is 19.6 Å². The Bertz CT molecular complexity index is 534. The van der Waals surface area contributed by atoms with Gasteiger partial charge in [0.25, 0.3) is 0 Å². The summed E-state index contributed by atoms with van der Waals surface area (Å²) in [6.07, 6.45) is 1.40. The fourth-order valence-electron chi connectivity index (χ4n) is 3.50. The minimum Gasteiger partial charge on any atom is -0.379 e. The average Bonchev–Trinajstić information content (AvgIpc) is 2.72. The second kappa shape index (κ2) is 6.34. The first-order valence-electron chi connectivity index (χ1n) is 7.85.